The van der Waals surface area contributed by atoms with Crippen molar-refractivity contribution < 1.29 is 0 Å². The maximum atomic E-state index is 9.14. The van der Waals surface area contributed by atoms with Gasteiger partial charge in [-0.1, -0.05) is 18.2 Å². The fourth-order valence-corrected chi connectivity index (χ4v) is 2.62. The molecule has 3 unspecified atom stereocenters. The highest BCUT2D eigenvalue weighted by molar-refractivity contribution is 5.23. The van der Waals surface area contributed by atoms with Crippen LogP contribution in [0.1, 0.15) is 19.3 Å². The van der Waals surface area contributed by atoms with Crippen LogP contribution < -0.4 is 0 Å². The van der Waals surface area contributed by atoms with Crippen molar-refractivity contribution in [1.82, 2.24) is 0 Å². The molecule has 0 aromatic rings. The minimum atomic E-state index is -0.0961. The standard InChI is InChI=1S/C11H13N/c1-2-5-11(8-12)7-9-3-4-10(11)6-9/h2-4,9-10H,1,5-7H2. The molecule has 1 nitrogen and oxygen atoms in total. The number of fused-ring (bicyclic) bond motifs is 2. The molecule has 0 aromatic carbocycles. The fraction of sp³-hybridized carbons (Fsp3) is 0.545. The Bertz CT molecular complexity index is 271. The summed E-state index contributed by atoms with van der Waals surface area (Å²) >= 11 is 0. The predicted octanol–water partition coefficient (Wildman–Crippen LogP) is 2.67. The van der Waals surface area contributed by atoms with Crippen molar-refractivity contribution in [2.45, 2.75) is 19.3 Å². The van der Waals surface area contributed by atoms with Gasteiger partial charge in [-0.05, 0) is 31.1 Å². The molecule has 0 N–H and O–H groups in total. The largest absolute Gasteiger partial charge is 0.198 e. The Balaban J connectivity index is 2.26. The highest BCUT2D eigenvalue weighted by atomic mass is 14.5. The number of nitrogens with zero attached hydrogens (tertiary/aromatic N) is 1. The quantitative estimate of drug-likeness (QED) is 0.568. The molecule has 2 rings (SSSR count). The molecule has 0 aliphatic heterocycles. The highest BCUT2D eigenvalue weighted by Crippen LogP contribution is 2.53. The lowest BCUT2D eigenvalue weighted by molar-refractivity contribution is 0.331. The Morgan fingerprint density at radius 1 is 1.67 bits per heavy atom. The molecule has 1 fully saturated rings. The van der Waals surface area contributed by atoms with Crippen molar-refractivity contribution in [3.8, 4) is 6.07 Å². The summed E-state index contributed by atoms with van der Waals surface area (Å²) in [6.45, 7) is 3.73. The average molecular weight is 159 g/mol. The second kappa shape index (κ2) is 2.48. The molecule has 1 heteroatoms. The lowest BCUT2D eigenvalue weighted by Gasteiger charge is -2.26. The van der Waals surface area contributed by atoms with Gasteiger partial charge in [0.15, 0.2) is 0 Å². The van der Waals surface area contributed by atoms with Gasteiger partial charge in [0.2, 0.25) is 0 Å². The molecule has 0 amide bonds. The van der Waals surface area contributed by atoms with Crippen LogP contribution >= 0.6 is 0 Å². The predicted molar refractivity (Wildman–Crippen MR) is 48.2 cm³/mol. The van der Waals surface area contributed by atoms with Crippen molar-refractivity contribution in [3.05, 3.63) is 24.8 Å². The lowest BCUT2D eigenvalue weighted by atomic mass is 9.74. The van der Waals surface area contributed by atoms with Gasteiger partial charge < -0.3 is 0 Å². The zero-order valence-electron chi connectivity index (χ0n) is 7.16. The van der Waals surface area contributed by atoms with Crippen molar-refractivity contribution in [1.29, 1.82) is 5.26 Å². The summed E-state index contributed by atoms with van der Waals surface area (Å²) in [7, 11) is 0. The third-order valence-corrected chi connectivity index (χ3v) is 3.24. The van der Waals surface area contributed by atoms with E-state index in [9.17, 15) is 0 Å². The van der Waals surface area contributed by atoms with Crippen LogP contribution in [-0.4, -0.2) is 0 Å². The van der Waals surface area contributed by atoms with Crippen molar-refractivity contribution in [2.24, 2.45) is 17.3 Å². The van der Waals surface area contributed by atoms with E-state index in [1.807, 2.05) is 6.08 Å². The summed E-state index contributed by atoms with van der Waals surface area (Å²) in [5, 5.41) is 9.14. The highest BCUT2D eigenvalue weighted by Gasteiger charge is 2.47. The molecular weight excluding hydrogens is 146 g/mol. The van der Waals surface area contributed by atoms with E-state index in [0.717, 1.165) is 12.8 Å². The van der Waals surface area contributed by atoms with Crippen LogP contribution in [0.4, 0.5) is 0 Å². The van der Waals surface area contributed by atoms with Crippen molar-refractivity contribution in [2.75, 3.05) is 0 Å². The maximum Gasteiger partial charge on any atom is 0.0699 e. The van der Waals surface area contributed by atoms with Crippen LogP contribution in [0.3, 0.4) is 0 Å². The Hall–Kier alpha value is -1.03. The summed E-state index contributed by atoms with van der Waals surface area (Å²) in [5.74, 6) is 1.18. The normalized spacial score (nSPS) is 42.9. The van der Waals surface area contributed by atoms with Crippen molar-refractivity contribution in [3.63, 3.8) is 0 Å². The molecule has 2 bridgehead atoms. The summed E-state index contributed by atoms with van der Waals surface area (Å²) in [6.07, 6.45) is 9.48. The average Bonchev–Trinajstić information content (AvgIpc) is 2.64. The summed E-state index contributed by atoms with van der Waals surface area (Å²) in [6, 6.07) is 2.49. The zero-order valence-corrected chi connectivity index (χ0v) is 7.16. The molecule has 0 radical (unpaired) electrons. The number of hydrogen-bond acceptors (Lipinski definition) is 1. The molecule has 0 aromatic heterocycles. The Labute approximate surface area is 73.4 Å². The number of rotatable bonds is 2. The minimum absolute atomic E-state index is 0.0961. The molecule has 2 aliphatic rings. The first kappa shape index (κ1) is 7.61. The Morgan fingerprint density at radius 3 is 2.92 bits per heavy atom. The van der Waals surface area contributed by atoms with Crippen LogP contribution in [0.5, 0.6) is 0 Å². The van der Waals surface area contributed by atoms with E-state index in [4.69, 9.17) is 5.26 Å². The van der Waals surface area contributed by atoms with Gasteiger partial charge in [-0.3, -0.25) is 0 Å². The number of nitriles is 1. The monoisotopic (exact) mass is 159 g/mol. The Morgan fingerprint density at radius 2 is 2.50 bits per heavy atom. The van der Waals surface area contributed by atoms with E-state index in [-0.39, 0.29) is 5.41 Å². The number of allylic oxidation sites excluding steroid dienone is 3. The van der Waals surface area contributed by atoms with Gasteiger partial charge in [0.25, 0.3) is 0 Å². The molecule has 1 saturated carbocycles. The minimum Gasteiger partial charge on any atom is -0.198 e. The molecule has 62 valence electrons. The van der Waals surface area contributed by atoms with E-state index in [1.54, 1.807) is 0 Å². The third kappa shape index (κ3) is 0.845. The first-order valence-corrected chi connectivity index (χ1v) is 4.51. The van der Waals surface area contributed by atoms with Gasteiger partial charge in [0, 0.05) is 0 Å². The lowest BCUT2D eigenvalue weighted by Crippen LogP contribution is -2.22. The van der Waals surface area contributed by atoms with Crippen LogP contribution in [0, 0.1) is 28.6 Å². The molecule has 12 heavy (non-hydrogen) atoms. The van der Waals surface area contributed by atoms with Crippen LogP contribution in [0.2, 0.25) is 0 Å². The van der Waals surface area contributed by atoms with E-state index < -0.39 is 0 Å². The van der Waals surface area contributed by atoms with Gasteiger partial charge in [0.05, 0.1) is 11.5 Å². The SMILES string of the molecule is C=CCC1(C#N)CC2C=CC1C2. The second-order valence-electron chi connectivity index (χ2n) is 3.95. The van der Waals surface area contributed by atoms with Crippen LogP contribution in [0.15, 0.2) is 24.8 Å². The van der Waals surface area contributed by atoms with Crippen molar-refractivity contribution >= 4 is 0 Å². The van der Waals surface area contributed by atoms with E-state index in [2.05, 4.69) is 24.8 Å². The first-order valence-electron chi connectivity index (χ1n) is 4.51. The summed E-state index contributed by atoms with van der Waals surface area (Å²) < 4.78 is 0. The third-order valence-electron chi connectivity index (χ3n) is 3.24. The van der Waals surface area contributed by atoms with E-state index in [1.165, 1.54) is 6.42 Å². The van der Waals surface area contributed by atoms with Gasteiger partial charge in [-0.2, -0.15) is 5.26 Å². The molecule has 0 saturated heterocycles. The second-order valence-corrected chi connectivity index (χ2v) is 3.95. The van der Waals surface area contributed by atoms with Gasteiger partial charge in [0.1, 0.15) is 0 Å². The topological polar surface area (TPSA) is 23.8 Å². The summed E-state index contributed by atoms with van der Waals surface area (Å²) in [5.41, 5.74) is -0.0961. The van der Waals surface area contributed by atoms with Gasteiger partial charge in [-0.25, -0.2) is 0 Å². The van der Waals surface area contributed by atoms with E-state index >= 15 is 0 Å². The van der Waals surface area contributed by atoms with Crippen LogP contribution in [0.25, 0.3) is 0 Å². The number of hydrogen-bond donors (Lipinski definition) is 0. The smallest absolute Gasteiger partial charge is 0.0699 e. The Kier molecular flexibility index (Phi) is 1.58. The van der Waals surface area contributed by atoms with Crippen LogP contribution in [-0.2, 0) is 0 Å². The zero-order chi connectivity index (χ0) is 8.60. The van der Waals surface area contributed by atoms with Gasteiger partial charge in [-0.15, -0.1) is 6.58 Å². The molecule has 0 spiro atoms. The first-order chi connectivity index (χ1) is 5.80. The molecule has 0 heterocycles. The molecule has 3 atom stereocenters. The molecule has 2 aliphatic carbocycles. The van der Waals surface area contributed by atoms with Gasteiger partial charge >= 0.3 is 0 Å². The summed E-state index contributed by atoms with van der Waals surface area (Å²) in [4.78, 5) is 0. The van der Waals surface area contributed by atoms with E-state index in [0.29, 0.717) is 11.8 Å². The molecular formula is C11H13N. The maximum absolute atomic E-state index is 9.14. The fourth-order valence-electron chi connectivity index (χ4n) is 2.62.